The number of hydrogen-bond donors (Lipinski definition) is 1. The maximum Gasteiger partial charge on any atom is 0.0697 e. The first-order valence-electron chi connectivity index (χ1n) is 3.11. The Morgan fingerprint density at radius 3 is 2.67 bits per heavy atom. The number of nitrogens with two attached hydrogens (primary N) is 1. The van der Waals surface area contributed by atoms with Crippen molar-refractivity contribution in [2.75, 3.05) is 7.11 Å². The Morgan fingerprint density at radius 1 is 1.78 bits per heavy atom. The van der Waals surface area contributed by atoms with Crippen LogP contribution < -0.4 is 5.73 Å². The summed E-state index contributed by atoms with van der Waals surface area (Å²) < 4.78 is 4.99. The van der Waals surface area contributed by atoms with Gasteiger partial charge in [0.25, 0.3) is 0 Å². The summed E-state index contributed by atoms with van der Waals surface area (Å²) in [6.45, 7) is 5.53. The minimum Gasteiger partial charge on any atom is -0.380 e. The zero-order valence-corrected chi connectivity index (χ0v) is 6.13. The van der Waals surface area contributed by atoms with Crippen LogP contribution in [0.25, 0.3) is 0 Å². The molecule has 0 aromatic rings. The second-order valence-corrected chi connectivity index (χ2v) is 2.13. The maximum absolute atomic E-state index is 5.64. The standard InChI is InChI=1S/C7H15NO/c1-4-5-7(8)6(2)9-3/h4,6-7H,1,5,8H2,2-3H3. The topological polar surface area (TPSA) is 35.2 Å². The lowest BCUT2D eigenvalue weighted by atomic mass is 10.1. The van der Waals surface area contributed by atoms with E-state index in [0.29, 0.717) is 0 Å². The molecule has 2 heteroatoms. The number of hydrogen-bond acceptors (Lipinski definition) is 2. The van der Waals surface area contributed by atoms with Crippen LogP contribution in [0.4, 0.5) is 0 Å². The lowest BCUT2D eigenvalue weighted by Crippen LogP contribution is -2.33. The predicted octanol–water partition coefficient (Wildman–Crippen LogP) is 0.925. The third-order valence-electron chi connectivity index (χ3n) is 1.41. The highest BCUT2D eigenvalue weighted by molar-refractivity contribution is 4.78. The molecule has 2 atom stereocenters. The van der Waals surface area contributed by atoms with Gasteiger partial charge in [0.1, 0.15) is 0 Å². The van der Waals surface area contributed by atoms with Crippen molar-refractivity contribution in [2.24, 2.45) is 5.73 Å². The van der Waals surface area contributed by atoms with Crippen molar-refractivity contribution < 1.29 is 4.74 Å². The Balaban J connectivity index is 3.44. The zero-order chi connectivity index (χ0) is 7.28. The normalized spacial score (nSPS) is 16.8. The van der Waals surface area contributed by atoms with E-state index in [-0.39, 0.29) is 12.1 Å². The molecule has 9 heavy (non-hydrogen) atoms. The Labute approximate surface area is 56.7 Å². The summed E-state index contributed by atoms with van der Waals surface area (Å²) in [5, 5.41) is 0. The van der Waals surface area contributed by atoms with Gasteiger partial charge in [-0.05, 0) is 13.3 Å². The quantitative estimate of drug-likeness (QED) is 0.573. The average Bonchev–Trinajstić information content (AvgIpc) is 1.87. The molecule has 0 rings (SSSR count). The van der Waals surface area contributed by atoms with Crippen molar-refractivity contribution in [3.63, 3.8) is 0 Å². The van der Waals surface area contributed by atoms with Gasteiger partial charge in [-0.1, -0.05) is 6.08 Å². The van der Waals surface area contributed by atoms with Gasteiger partial charge in [-0.3, -0.25) is 0 Å². The van der Waals surface area contributed by atoms with Gasteiger partial charge in [0.2, 0.25) is 0 Å². The molecule has 0 spiro atoms. The molecule has 0 saturated heterocycles. The van der Waals surface area contributed by atoms with Crippen molar-refractivity contribution in [1.82, 2.24) is 0 Å². The van der Waals surface area contributed by atoms with E-state index in [2.05, 4.69) is 6.58 Å². The van der Waals surface area contributed by atoms with Gasteiger partial charge in [0, 0.05) is 13.2 Å². The number of methoxy groups -OCH3 is 1. The molecule has 0 amide bonds. The van der Waals surface area contributed by atoms with Gasteiger partial charge in [-0.15, -0.1) is 6.58 Å². The molecule has 0 aromatic heterocycles. The zero-order valence-electron chi connectivity index (χ0n) is 6.13. The summed E-state index contributed by atoms with van der Waals surface area (Å²) >= 11 is 0. The van der Waals surface area contributed by atoms with Crippen LogP contribution in [0.3, 0.4) is 0 Å². The first kappa shape index (κ1) is 8.66. The van der Waals surface area contributed by atoms with Gasteiger partial charge in [0.15, 0.2) is 0 Å². The van der Waals surface area contributed by atoms with E-state index in [1.54, 1.807) is 13.2 Å². The summed E-state index contributed by atoms with van der Waals surface area (Å²) in [6, 6.07) is 0.0903. The van der Waals surface area contributed by atoms with Crippen LogP contribution in [0.2, 0.25) is 0 Å². The van der Waals surface area contributed by atoms with Gasteiger partial charge in [-0.25, -0.2) is 0 Å². The summed E-state index contributed by atoms with van der Waals surface area (Å²) in [5.41, 5.74) is 5.64. The third kappa shape index (κ3) is 3.27. The summed E-state index contributed by atoms with van der Waals surface area (Å²) in [7, 11) is 1.66. The molecule has 2 unspecified atom stereocenters. The van der Waals surface area contributed by atoms with Crippen molar-refractivity contribution in [1.29, 1.82) is 0 Å². The van der Waals surface area contributed by atoms with Crippen molar-refractivity contribution in [3.8, 4) is 0 Å². The van der Waals surface area contributed by atoms with Crippen LogP contribution in [0.1, 0.15) is 13.3 Å². The van der Waals surface area contributed by atoms with E-state index in [4.69, 9.17) is 10.5 Å². The van der Waals surface area contributed by atoms with Gasteiger partial charge in [0.05, 0.1) is 6.10 Å². The van der Waals surface area contributed by atoms with E-state index in [9.17, 15) is 0 Å². The Morgan fingerprint density at radius 2 is 2.33 bits per heavy atom. The molecule has 0 bridgehead atoms. The first-order chi connectivity index (χ1) is 4.22. The van der Waals surface area contributed by atoms with Crippen molar-refractivity contribution in [2.45, 2.75) is 25.5 Å². The molecule has 0 radical (unpaired) electrons. The van der Waals surface area contributed by atoms with Gasteiger partial charge in [-0.2, -0.15) is 0 Å². The Kier molecular flexibility index (Phi) is 4.36. The van der Waals surface area contributed by atoms with Crippen LogP contribution in [0, 0.1) is 0 Å². The second kappa shape index (κ2) is 4.53. The maximum atomic E-state index is 5.64. The van der Waals surface area contributed by atoms with E-state index >= 15 is 0 Å². The van der Waals surface area contributed by atoms with Crippen molar-refractivity contribution >= 4 is 0 Å². The third-order valence-corrected chi connectivity index (χ3v) is 1.41. The Bertz CT molecular complexity index is 83.0. The van der Waals surface area contributed by atoms with Gasteiger partial charge < -0.3 is 10.5 Å². The fourth-order valence-electron chi connectivity index (χ4n) is 0.559. The van der Waals surface area contributed by atoms with E-state index in [1.165, 1.54) is 0 Å². The highest BCUT2D eigenvalue weighted by Gasteiger charge is 2.07. The molecule has 0 aliphatic carbocycles. The number of rotatable bonds is 4. The van der Waals surface area contributed by atoms with Crippen LogP contribution in [-0.4, -0.2) is 19.3 Å². The number of ether oxygens (including phenoxy) is 1. The summed E-state index contributed by atoms with van der Waals surface area (Å²) in [5.74, 6) is 0. The molecular formula is C7H15NO. The van der Waals surface area contributed by atoms with Crippen LogP contribution in [-0.2, 0) is 4.74 Å². The van der Waals surface area contributed by atoms with E-state index in [0.717, 1.165) is 6.42 Å². The van der Waals surface area contributed by atoms with Crippen molar-refractivity contribution in [3.05, 3.63) is 12.7 Å². The smallest absolute Gasteiger partial charge is 0.0697 e. The highest BCUT2D eigenvalue weighted by Crippen LogP contribution is 1.98. The van der Waals surface area contributed by atoms with E-state index in [1.807, 2.05) is 6.92 Å². The fourth-order valence-corrected chi connectivity index (χ4v) is 0.559. The first-order valence-corrected chi connectivity index (χ1v) is 3.11. The Hall–Kier alpha value is -0.340. The fraction of sp³-hybridized carbons (Fsp3) is 0.714. The van der Waals surface area contributed by atoms with Crippen LogP contribution >= 0.6 is 0 Å². The molecule has 2 N–H and O–H groups in total. The molecule has 0 aromatic carbocycles. The largest absolute Gasteiger partial charge is 0.380 e. The average molecular weight is 129 g/mol. The minimum atomic E-state index is 0.0903. The molecule has 0 heterocycles. The van der Waals surface area contributed by atoms with Crippen LogP contribution in [0.5, 0.6) is 0 Å². The summed E-state index contributed by atoms with van der Waals surface area (Å²) in [4.78, 5) is 0. The SMILES string of the molecule is C=CCC(N)C(C)OC. The molecule has 0 saturated carbocycles. The molecule has 0 aliphatic rings. The molecule has 0 fully saturated rings. The highest BCUT2D eigenvalue weighted by atomic mass is 16.5. The molecule has 0 aliphatic heterocycles. The van der Waals surface area contributed by atoms with Crippen LogP contribution in [0.15, 0.2) is 12.7 Å². The lowest BCUT2D eigenvalue weighted by Gasteiger charge is -2.15. The molecular weight excluding hydrogens is 114 g/mol. The second-order valence-electron chi connectivity index (χ2n) is 2.13. The lowest BCUT2D eigenvalue weighted by molar-refractivity contribution is 0.0964. The minimum absolute atomic E-state index is 0.0903. The van der Waals surface area contributed by atoms with E-state index < -0.39 is 0 Å². The monoisotopic (exact) mass is 129 g/mol. The predicted molar refractivity (Wildman–Crippen MR) is 39.3 cm³/mol. The molecule has 2 nitrogen and oxygen atoms in total. The molecule has 54 valence electrons. The van der Waals surface area contributed by atoms with Gasteiger partial charge >= 0.3 is 0 Å². The summed E-state index contributed by atoms with van der Waals surface area (Å²) in [6.07, 6.45) is 2.75.